The monoisotopic (exact) mass is 442 g/mol. The molecule has 30 heavy (non-hydrogen) atoms. The van der Waals surface area contributed by atoms with Gasteiger partial charge in [-0.25, -0.2) is 0 Å². The third-order valence-electron chi connectivity index (χ3n) is 6.68. The van der Waals surface area contributed by atoms with Gasteiger partial charge in [0, 0.05) is 0 Å². The van der Waals surface area contributed by atoms with E-state index in [1.165, 1.54) is 33.6 Å². The summed E-state index contributed by atoms with van der Waals surface area (Å²) in [4.78, 5) is 4.45. The molecule has 2 aromatic carbocycles. The Morgan fingerprint density at radius 1 is 0.733 bits per heavy atom. The van der Waals surface area contributed by atoms with Crippen molar-refractivity contribution in [3.8, 4) is 0 Å². The maximum absolute atomic E-state index is 6.93. The normalized spacial score (nSPS) is 21.4. The summed E-state index contributed by atoms with van der Waals surface area (Å²) in [5.41, 5.74) is 7.86. The number of hydrogen-bond acceptors (Lipinski definition) is 2. The maximum Gasteiger partial charge on any atom is 0.146 e. The first-order valence-corrected chi connectivity index (χ1v) is 11.8. The molecule has 2 unspecified atom stereocenters. The predicted molar refractivity (Wildman–Crippen MR) is 131 cm³/mol. The average Bonchev–Trinajstić information content (AvgIpc) is 3.00. The van der Waals surface area contributed by atoms with Crippen LogP contribution in [0.5, 0.6) is 0 Å². The van der Waals surface area contributed by atoms with Crippen LogP contribution in [-0.4, -0.2) is 6.67 Å². The number of hydrogen-bond donors (Lipinski definition) is 0. The Kier molecular flexibility index (Phi) is 5.85. The Balaban J connectivity index is 2.00. The lowest BCUT2D eigenvalue weighted by atomic mass is 9.82. The molecule has 0 radical (unpaired) electrons. The van der Waals surface area contributed by atoms with Crippen LogP contribution in [0, 0.1) is 0 Å². The van der Waals surface area contributed by atoms with Crippen LogP contribution >= 0.6 is 23.2 Å². The van der Waals surface area contributed by atoms with Crippen LogP contribution in [-0.2, 0) is 0 Å². The van der Waals surface area contributed by atoms with Crippen molar-refractivity contribution < 1.29 is 0 Å². The molecule has 0 fully saturated rings. The minimum Gasteiger partial charge on any atom is -0.310 e. The summed E-state index contributed by atoms with van der Waals surface area (Å²) in [7, 11) is 0. The van der Waals surface area contributed by atoms with Crippen molar-refractivity contribution in [3.05, 3.63) is 69.0 Å². The molecule has 2 aliphatic heterocycles. The number of halogens is 2. The number of nitrogens with zero attached hydrogens (tertiary/aromatic N) is 2. The van der Waals surface area contributed by atoms with Gasteiger partial charge in [0.25, 0.3) is 0 Å². The summed E-state index contributed by atoms with van der Waals surface area (Å²) in [6.45, 7) is 14.3. The van der Waals surface area contributed by atoms with E-state index in [0.717, 1.165) is 6.42 Å². The zero-order chi connectivity index (χ0) is 21.7. The molecule has 160 valence electrons. The van der Waals surface area contributed by atoms with E-state index in [0.29, 0.717) is 40.7 Å². The first kappa shape index (κ1) is 21.6. The molecule has 2 atom stereocenters. The number of anilines is 2. The van der Waals surface area contributed by atoms with Crippen LogP contribution in [0.15, 0.2) is 46.7 Å². The Morgan fingerprint density at radius 2 is 1.13 bits per heavy atom. The van der Waals surface area contributed by atoms with Crippen molar-refractivity contribution in [2.45, 2.75) is 71.6 Å². The Morgan fingerprint density at radius 3 is 1.50 bits per heavy atom. The van der Waals surface area contributed by atoms with Crippen LogP contribution in [0.3, 0.4) is 0 Å². The Hall–Kier alpha value is -1.64. The topological polar surface area (TPSA) is 6.48 Å². The summed E-state index contributed by atoms with van der Waals surface area (Å²) in [5, 5.41) is 1.24. The van der Waals surface area contributed by atoms with Gasteiger partial charge in [0.15, 0.2) is 0 Å². The summed E-state index contributed by atoms with van der Waals surface area (Å²) >= 11 is 13.9. The molecule has 4 rings (SSSR count). The molecule has 0 amide bonds. The zero-order valence-electron chi connectivity index (χ0n) is 18.8. The highest BCUT2D eigenvalue weighted by molar-refractivity contribution is 6.42. The number of benzene rings is 2. The minimum absolute atomic E-state index is 0.406. The number of fused-ring (bicyclic) bond motifs is 6. The van der Waals surface area contributed by atoms with Gasteiger partial charge in [-0.3, -0.25) is 0 Å². The first-order valence-electron chi connectivity index (χ1n) is 11.1. The summed E-state index contributed by atoms with van der Waals surface area (Å²) in [6, 6.07) is 13.4. The van der Waals surface area contributed by atoms with E-state index in [9.17, 15) is 0 Å². The molecule has 0 spiro atoms. The predicted octanol–water partition coefficient (Wildman–Crippen LogP) is 8.43. The lowest BCUT2D eigenvalue weighted by molar-refractivity contribution is 0.588. The van der Waals surface area contributed by atoms with E-state index in [2.05, 4.69) is 87.7 Å². The molecule has 0 N–H and O–H groups in total. The second-order valence-corrected chi connectivity index (χ2v) is 10.2. The molecule has 2 aliphatic rings. The van der Waals surface area contributed by atoms with Gasteiger partial charge in [0.1, 0.15) is 17.0 Å². The molecule has 0 saturated carbocycles. The third-order valence-corrected chi connectivity index (χ3v) is 7.54. The summed E-state index contributed by atoms with van der Waals surface area (Å²) < 4.78 is 0. The van der Waals surface area contributed by atoms with Gasteiger partial charge < -0.3 is 9.80 Å². The lowest BCUT2D eigenvalue weighted by Crippen LogP contribution is -2.31. The maximum atomic E-state index is 6.93. The van der Waals surface area contributed by atoms with Crippen molar-refractivity contribution in [1.82, 2.24) is 0 Å². The summed E-state index contributed by atoms with van der Waals surface area (Å²) in [6.07, 6.45) is 1.08. The molecule has 2 heterocycles. The van der Waals surface area contributed by atoms with E-state index in [1.807, 2.05) is 0 Å². The standard InChI is InChI=1S/C26H32Cl2N2/c1-15(2)19-9-7-11-21-17(5)13-18(6)22-12-8-10-20(16(3)4)24(22)30-14-29(23(19)21)25(27)26(30)28/h7-12,15-18H,13-14H2,1-6H3. The largest absolute Gasteiger partial charge is 0.310 e. The second kappa shape index (κ2) is 8.13. The van der Waals surface area contributed by atoms with Crippen LogP contribution in [0.2, 0.25) is 0 Å². The van der Waals surface area contributed by atoms with E-state index in [-0.39, 0.29) is 0 Å². The van der Waals surface area contributed by atoms with Crippen molar-refractivity contribution >= 4 is 34.6 Å². The minimum atomic E-state index is 0.406. The van der Waals surface area contributed by atoms with Crippen LogP contribution in [0.4, 0.5) is 11.4 Å². The molecule has 0 saturated heterocycles. The molecular weight excluding hydrogens is 411 g/mol. The number of rotatable bonds is 2. The van der Waals surface area contributed by atoms with Crippen LogP contribution in [0.1, 0.15) is 93.9 Å². The van der Waals surface area contributed by atoms with Gasteiger partial charge in [0.05, 0.1) is 11.4 Å². The molecule has 2 bridgehead atoms. The highest BCUT2D eigenvalue weighted by atomic mass is 35.5. The smallest absolute Gasteiger partial charge is 0.146 e. The second-order valence-electron chi connectivity index (χ2n) is 9.50. The highest BCUT2D eigenvalue weighted by Crippen LogP contribution is 2.49. The average molecular weight is 443 g/mol. The van der Waals surface area contributed by atoms with Gasteiger partial charge in [-0.05, 0) is 52.3 Å². The highest BCUT2D eigenvalue weighted by Gasteiger charge is 2.36. The quantitative estimate of drug-likeness (QED) is 0.430. The van der Waals surface area contributed by atoms with Gasteiger partial charge in [0.2, 0.25) is 0 Å². The van der Waals surface area contributed by atoms with Crippen molar-refractivity contribution in [2.75, 3.05) is 16.5 Å². The van der Waals surface area contributed by atoms with Gasteiger partial charge in [-0.15, -0.1) is 0 Å². The fourth-order valence-electron chi connectivity index (χ4n) is 5.12. The van der Waals surface area contributed by atoms with Crippen LogP contribution < -0.4 is 9.80 Å². The van der Waals surface area contributed by atoms with Gasteiger partial charge in [-0.1, -0.05) is 101 Å². The van der Waals surface area contributed by atoms with E-state index in [1.54, 1.807) is 0 Å². The molecule has 2 nitrogen and oxygen atoms in total. The molecule has 0 aromatic heterocycles. The van der Waals surface area contributed by atoms with E-state index in [4.69, 9.17) is 23.2 Å². The van der Waals surface area contributed by atoms with E-state index < -0.39 is 0 Å². The molecule has 2 aromatic rings. The lowest BCUT2D eigenvalue weighted by Gasteiger charge is -2.34. The van der Waals surface area contributed by atoms with Gasteiger partial charge >= 0.3 is 0 Å². The van der Waals surface area contributed by atoms with Crippen molar-refractivity contribution in [2.24, 2.45) is 0 Å². The Labute approximate surface area is 191 Å². The van der Waals surface area contributed by atoms with E-state index >= 15 is 0 Å². The van der Waals surface area contributed by atoms with Gasteiger partial charge in [-0.2, -0.15) is 0 Å². The SMILES string of the molecule is CC(C)c1cccc2c1N1CN(C(Cl)=C1Cl)c1c(C(C)C)cccc1C(C)CC2C. The number of para-hydroxylation sites is 2. The summed E-state index contributed by atoms with van der Waals surface area (Å²) in [5.74, 6) is 1.64. The zero-order valence-corrected chi connectivity index (χ0v) is 20.3. The molecule has 4 heteroatoms. The molecular formula is C26H32Cl2N2. The van der Waals surface area contributed by atoms with Crippen molar-refractivity contribution in [1.29, 1.82) is 0 Å². The first-order chi connectivity index (χ1) is 14.2. The third kappa shape index (κ3) is 3.42. The van der Waals surface area contributed by atoms with Crippen molar-refractivity contribution in [3.63, 3.8) is 0 Å². The fourth-order valence-corrected chi connectivity index (χ4v) is 5.60. The molecule has 0 aliphatic carbocycles. The fraction of sp³-hybridized carbons (Fsp3) is 0.462. The Bertz CT molecular complexity index is 915. The van der Waals surface area contributed by atoms with Crippen LogP contribution in [0.25, 0.3) is 0 Å².